The number of fused-ring (bicyclic) bond motifs is 2. The van der Waals surface area contributed by atoms with Crippen molar-refractivity contribution in [3.63, 3.8) is 0 Å². The van der Waals surface area contributed by atoms with E-state index in [0.717, 1.165) is 5.57 Å². The Hall–Kier alpha value is -5.93. The number of benzene rings is 2. The summed E-state index contributed by atoms with van der Waals surface area (Å²) >= 11 is 0. The smallest absolute Gasteiger partial charge is 0.416 e. The Kier molecular flexibility index (Phi) is 22.2. The molecule has 2 aliphatic rings. The van der Waals surface area contributed by atoms with E-state index in [9.17, 15) is 33.6 Å². The lowest BCUT2D eigenvalue weighted by Gasteiger charge is -2.35. The fraction of sp³-hybridized carbons (Fsp3) is 0.553. The van der Waals surface area contributed by atoms with Gasteiger partial charge in [0.05, 0.1) is 69.6 Å². The average molecular weight is 940 g/mol. The molecule has 0 aliphatic carbocycles. The SMILES string of the molecule is C=C1C[C@H]2[C@H](OCCNC(=O)COCC(=O)NCCOCCOCCOC)N(C(=O)OCc3ccc(CC(=O)[C@H](C)NC(=O)C(C)C)cc3)c3cc(OCCCC(=O)O)c(C)cc3C(=O)N2C1. The number of carbonyl (C=O) groups excluding carboxylic acids is 6. The Labute approximate surface area is 390 Å². The maximum Gasteiger partial charge on any atom is 0.416 e. The third kappa shape index (κ3) is 17.3. The number of carboxylic acid groups (broad SMARTS) is 1. The number of carbonyl (C=O) groups is 7. The molecular formula is C47H65N5O15. The number of rotatable bonds is 29. The first-order valence-corrected chi connectivity index (χ1v) is 22.3. The highest BCUT2D eigenvalue weighted by Gasteiger charge is 2.47. The molecule has 0 radical (unpaired) electrons. The molecule has 0 bridgehead atoms. The molecule has 2 aromatic rings. The second-order valence-electron chi connectivity index (χ2n) is 16.4. The minimum absolute atomic E-state index is 0.0294. The predicted molar refractivity (Wildman–Crippen MR) is 242 cm³/mol. The second-order valence-corrected chi connectivity index (χ2v) is 16.4. The Bertz CT molecular complexity index is 2030. The van der Waals surface area contributed by atoms with E-state index in [1.165, 1.54) is 11.0 Å². The number of hydrogen-bond acceptors (Lipinski definition) is 14. The van der Waals surface area contributed by atoms with Gasteiger partial charge in [-0.05, 0) is 49.4 Å². The van der Waals surface area contributed by atoms with Gasteiger partial charge in [0, 0.05) is 51.6 Å². The summed E-state index contributed by atoms with van der Waals surface area (Å²) < 4.78 is 39.1. The molecule has 1 fully saturated rings. The van der Waals surface area contributed by atoms with Crippen molar-refractivity contribution in [1.82, 2.24) is 20.9 Å². The number of Topliss-reactive ketones (excluding diaryl/α,β-unsaturated/α-hetero) is 1. The molecular weight excluding hydrogens is 875 g/mol. The van der Waals surface area contributed by atoms with Crippen molar-refractivity contribution in [2.45, 2.75) is 78.3 Å². The Morgan fingerprint density at radius 3 is 2.15 bits per heavy atom. The number of aliphatic carboxylic acids is 1. The summed E-state index contributed by atoms with van der Waals surface area (Å²) in [4.78, 5) is 92.5. The molecule has 2 aliphatic heterocycles. The van der Waals surface area contributed by atoms with Crippen molar-refractivity contribution >= 4 is 47.2 Å². The first kappa shape index (κ1) is 53.7. The highest BCUT2D eigenvalue weighted by molar-refractivity contribution is 6.06. The van der Waals surface area contributed by atoms with E-state index in [1.807, 2.05) is 0 Å². The van der Waals surface area contributed by atoms with Crippen LogP contribution in [0.15, 0.2) is 48.6 Å². The van der Waals surface area contributed by atoms with Crippen LogP contribution in [0, 0.1) is 12.8 Å². The molecule has 5 amide bonds. The minimum atomic E-state index is -1.14. The van der Waals surface area contributed by atoms with Gasteiger partial charge < -0.3 is 59.1 Å². The molecule has 2 aromatic carbocycles. The van der Waals surface area contributed by atoms with Crippen molar-refractivity contribution in [3.05, 3.63) is 70.8 Å². The maximum absolute atomic E-state index is 14.5. The van der Waals surface area contributed by atoms with Crippen LogP contribution in [0.25, 0.3) is 0 Å². The molecule has 4 N–H and O–H groups in total. The van der Waals surface area contributed by atoms with E-state index in [1.54, 1.807) is 70.0 Å². The molecule has 0 unspecified atom stereocenters. The number of aryl methyl sites for hydroxylation is 1. The van der Waals surface area contributed by atoms with Crippen LogP contribution in [0.1, 0.15) is 67.1 Å². The van der Waals surface area contributed by atoms with Crippen molar-refractivity contribution in [2.75, 3.05) is 91.1 Å². The van der Waals surface area contributed by atoms with Gasteiger partial charge in [-0.2, -0.15) is 0 Å². The lowest BCUT2D eigenvalue weighted by molar-refractivity contribution is -0.137. The number of carboxylic acids is 1. The molecule has 0 spiro atoms. The third-order valence-corrected chi connectivity index (χ3v) is 10.6. The molecule has 3 atom stereocenters. The molecule has 0 aromatic heterocycles. The average Bonchev–Trinajstić information content (AvgIpc) is 3.65. The van der Waals surface area contributed by atoms with E-state index in [2.05, 4.69) is 22.5 Å². The highest BCUT2D eigenvalue weighted by atomic mass is 16.6. The molecule has 20 nitrogen and oxygen atoms in total. The predicted octanol–water partition coefficient (Wildman–Crippen LogP) is 2.71. The highest BCUT2D eigenvalue weighted by Crippen LogP contribution is 2.40. The van der Waals surface area contributed by atoms with Crippen molar-refractivity contribution in [2.24, 2.45) is 5.92 Å². The number of anilines is 1. The van der Waals surface area contributed by atoms with E-state index >= 15 is 0 Å². The van der Waals surface area contributed by atoms with Gasteiger partial charge in [-0.15, -0.1) is 0 Å². The van der Waals surface area contributed by atoms with Crippen LogP contribution in [0.3, 0.4) is 0 Å². The lowest BCUT2D eigenvalue weighted by Crippen LogP contribution is -2.53. The normalized spacial score (nSPS) is 15.9. The number of ether oxygens (including phenoxy) is 7. The molecule has 4 rings (SSSR count). The van der Waals surface area contributed by atoms with Crippen LogP contribution >= 0.6 is 0 Å². The van der Waals surface area contributed by atoms with Gasteiger partial charge in [-0.25, -0.2) is 9.69 Å². The largest absolute Gasteiger partial charge is 0.493 e. The van der Waals surface area contributed by atoms with Gasteiger partial charge in [0.15, 0.2) is 12.0 Å². The zero-order valence-electron chi connectivity index (χ0n) is 39.1. The molecule has 1 saturated heterocycles. The Morgan fingerprint density at radius 2 is 1.49 bits per heavy atom. The third-order valence-electron chi connectivity index (χ3n) is 10.6. The summed E-state index contributed by atoms with van der Waals surface area (Å²) in [5.74, 6) is -2.64. The van der Waals surface area contributed by atoms with E-state index in [0.29, 0.717) is 55.3 Å². The maximum atomic E-state index is 14.5. The number of amides is 5. The zero-order valence-corrected chi connectivity index (χ0v) is 39.1. The molecule has 20 heteroatoms. The quantitative estimate of drug-likeness (QED) is 0.0677. The number of nitrogens with one attached hydrogen (secondary N) is 3. The lowest BCUT2D eigenvalue weighted by atomic mass is 10.0. The van der Waals surface area contributed by atoms with Gasteiger partial charge in [-0.3, -0.25) is 28.8 Å². The second kappa shape index (κ2) is 27.6. The number of ketones is 1. The van der Waals surface area contributed by atoms with Crippen LogP contribution in [0.4, 0.5) is 10.5 Å². The summed E-state index contributed by atoms with van der Waals surface area (Å²) in [5.41, 5.74) is 2.93. The molecule has 0 saturated carbocycles. The number of nitrogens with zero attached hydrogens (tertiary/aromatic N) is 2. The fourth-order valence-corrected chi connectivity index (χ4v) is 6.98. The monoisotopic (exact) mass is 939 g/mol. The number of methoxy groups -OCH3 is 1. The standard InChI is InChI=1S/C47H65N5O15/c1-30(2)44(58)50-33(5)39(53)24-34-9-11-35(12-10-34)27-67-47(60)52-37-25-40(65-15-7-8-43(56)57)32(4)23-36(37)45(59)51-26-31(3)22-38(51)46(52)66-17-14-49-42(55)29-64-28-41(54)48-13-16-62-20-21-63-19-18-61-6/h9-12,23,25,30,33,38,46H,3,7-8,13-22,24,26-29H2,1-2,4-6H3,(H,48,54)(H,49,55)(H,50,58)(H,56,57)/t33-,38-,46-/m0/s1. The number of hydrogen-bond donors (Lipinski definition) is 4. The van der Waals surface area contributed by atoms with E-state index < -0.39 is 48.8 Å². The van der Waals surface area contributed by atoms with Crippen LogP contribution in [-0.2, 0) is 65.4 Å². The van der Waals surface area contributed by atoms with Crippen LogP contribution in [0.2, 0.25) is 0 Å². The summed E-state index contributed by atoms with van der Waals surface area (Å²) in [6.07, 6.45) is -1.53. The van der Waals surface area contributed by atoms with Crippen molar-refractivity contribution in [3.8, 4) is 5.75 Å². The van der Waals surface area contributed by atoms with Gasteiger partial charge in [0.2, 0.25) is 17.7 Å². The van der Waals surface area contributed by atoms with Crippen LogP contribution < -0.4 is 25.6 Å². The van der Waals surface area contributed by atoms with Gasteiger partial charge >= 0.3 is 12.1 Å². The van der Waals surface area contributed by atoms with E-state index in [4.69, 9.17) is 38.3 Å². The Balaban J connectivity index is 1.43. The molecule has 67 heavy (non-hydrogen) atoms. The topological polar surface area (TPSA) is 247 Å². The summed E-state index contributed by atoms with van der Waals surface area (Å²) in [6, 6.07) is 8.68. The fourth-order valence-electron chi connectivity index (χ4n) is 6.98. The van der Waals surface area contributed by atoms with Crippen LogP contribution in [-0.4, -0.2) is 156 Å². The first-order chi connectivity index (χ1) is 32.1. The molecule has 2 heterocycles. The van der Waals surface area contributed by atoms with Gasteiger partial charge in [0.25, 0.3) is 5.91 Å². The van der Waals surface area contributed by atoms with E-state index in [-0.39, 0.29) is 107 Å². The van der Waals surface area contributed by atoms with Crippen LogP contribution in [0.5, 0.6) is 5.75 Å². The van der Waals surface area contributed by atoms with Gasteiger partial charge in [0.1, 0.15) is 25.6 Å². The summed E-state index contributed by atoms with van der Waals surface area (Å²) in [6.45, 7) is 12.4. The summed E-state index contributed by atoms with van der Waals surface area (Å²) in [7, 11) is 1.58. The van der Waals surface area contributed by atoms with Gasteiger partial charge in [-0.1, -0.05) is 50.3 Å². The summed E-state index contributed by atoms with van der Waals surface area (Å²) in [5, 5.41) is 17.2. The Morgan fingerprint density at radius 1 is 0.851 bits per heavy atom. The zero-order chi connectivity index (χ0) is 48.9. The van der Waals surface area contributed by atoms with Crippen molar-refractivity contribution in [1.29, 1.82) is 0 Å². The minimum Gasteiger partial charge on any atom is -0.493 e. The first-order valence-electron chi connectivity index (χ1n) is 22.3. The molecule has 368 valence electrons. The van der Waals surface area contributed by atoms with Crippen molar-refractivity contribution < 1.29 is 71.8 Å².